The first-order chi connectivity index (χ1) is 11.5. The van der Waals surface area contributed by atoms with Crippen molar-refractivity contribution in [3.63, 3.8) is 0 Å². The number of H-pyrrole nitrogens is 1. The summed E-state index contributed by atoms with van der Waals surface area (Å²) >= 11 is 1.47. The number of benzene rings is 1. The predicted molar refractivity (Wildman–Crippen MR) is 86.6 cm³/mol. The number of nitrogens with zero attached hydrogens (tertiary/aromatic N) is 2. The minimum Gasteiger partial charge on any atom is -0.357 e. The van der Waals surface area contributed by atoms with Crippen molar-refractivity contribution < 1.29 is 17.0 Å². The summed E-state index contributed by atoms with van der Waals surface area (Å²) in [5.74, 6) is -0.0669. The molecule has 0 unspecified atom stereocenters. The summed E-state index contributed by atoms with van der Waals surface area (Å²) in [4.78, 5) is 4.04. The minimum atomic E-state index is -4.05. The molecule has 0 fully saturated rings. The summed E-state index contributed by atoms with van der Waals surface area (Å²) in [5, 5.41) is 7.37. The third-order valence-corrected chi connectivity index (χ3v) is 5.15. The van der Waals surface area contributed by atoms with E-state index in [1.807, 2.05) is 18.2 Å². The molecular weight excluding hydrogens is 353 g/mol. The van der Waals surface area contributed by atoms with E-state index in [9.17, 15) is 12.8 Å². The fourth-order valence-electron chi connectivity index (χ4n) is 1.80. The molecule has 3 aromatic rings. The molecule has 3 rings (SSSR count). The highest BCUT2D eigenvalue weighted by Crippen LogP contribution is 2.22. The Morgan fingerprint density at radius 3 is 2.67 bits per heavy atom. The van der Waals surface area contributed by atoms with E-state index in [1.165, 1.54) is 17.8 Å². The van der Waals surface area contributed by atoms with Gasteiger partial charge in [-0.2, -0.15) is 8.42 Å². The molecule has 0 saturated heterocycles. The van der Waals surface area contributed by atoms with Gasteiger partial charge in [0.25, 0.3) is 5.88 Å². The average molecular weight is 365 g/mol. The normalized spacial score (nSPS) is 11.4. The molecule has 9 heteroatoms. The second kappa shape index (κ2) is 7.02. The summed E-state index contributed by atoms with van der Waals surface area (Å²) < 4.78 is 42.0. The highest BCUT2D eigenvalue weighted by Gasteiger charge is 2.18. The van der Waals surface area contributed by atoms with Gasteiger partial charge in [0.1, 0.15) is 10.7 Å². The first-order valence-corrected chi connectivity index (χ1v) is 9.20. The van der Waals surface area contributed by atoms with Crippen LogP contribution in [0, 0.1) is 5.82 Å². The average Bonchev–Trinajstić information content (AvgIpc) is 3.01. The van der Waals surface area contributed by atoms with Gasteiger partial charge in [0, 0.05) is 23.7 Å². The summed E-state index contributed by atoms with van der Waals surface area (Å²) in [5.41, 5.74) is 0.690. The standard InChI is InChI=1S/C15H12FN3O3S2/c16-11-4-6-13(7-5-11)24(20,21)22-14-9-12(18-19-14)10-23-15-3-1-2-8-17-15/h1-9H,10H2,(H,18,19). The van der Waals surface area contributed by atoms with Crippen LogP contribution in [0.1, 0.15) is 5.69 Å². The van der Waals surface area contributed by atoms with Gasteiger partial charge in [-0.25, -0.2) is 9.37 Å². The molecular formula is C15H12FN3O3S2. The van der Waals surface area contributed by atoms with Crippen molar-refractivity contribution in [3.8, 4) is 5.88 Å². The van der Waals surface area contributed by atoms with Crippen LogP contribution in [-0.2, 0) is 15.9 Å². The van der Waals surface area contributed by atoms with Crippen LogP contribution in [0.5, 0.6) is 5.88 Å². The van der Waals surface area contributed by atoms with Crippen LogP contribution in [0.25, 0.3) is 0 Å². The fraction of sp³-hybridized carbons (Fsp3) is 0.0667. The maximum absolute atomic E-state index is 12.9. The van der Waals surface area contributed by atoms with Crippen LogP contribution in [0.2, 0.25) is 0 Å². The van der Waals surface area contributed by atoms with Gasteiger partial charge in [-0.3, -0.25) is 5.10 Å². The maximum Gasteiger partial charge on any atom is 0.340 e. The molecule has 0 aliphatic heterocycles. The molecule has 124 valence electrons. The van der Waals surface area contributed by atoms with Gasteiger partial charge in [-0.05, 0) is 36.4 Å². The number of thioether (sulfide) groups is 1. The molecule has 24 heavy (non-hydrogen) atoms. The van der Waals surface area contributed by atoms with Crippen molar-refractivity contribution in [2.45, 2.75) is 15.7 Å². The van der Waals surface area contributed by atoms with Crippen molar-refractivity contribution in [2.24, 2.45) is 0 Å². The quantitative estimate of drug-likeness (QED) is 0.534. The topological polar surface area (TPSA) is 84.9 Å². The van der Waals surface area contributed by atoms with Crippen molar-refractivity contribution in [2.75, 3.05) is 0 Å². The lowest BCUT2D eigenvalue weighted by Gasteiger charge is -2.03. The van der Waals surface area contributed by atoms with E-state index in [4.69, 9.17) is 4.18 Å². The highest BCUT2D eigenvalue weighted by molar-refractivity contribution is 7.98. The van der Waals surface area contributed by atoms with Gasteiger partial charge in [0.05, 0.1) is 5.03 Å². The van der Waals surface area contributed by atoms with Gasteiger partial charge >= 0.3 is 10.1 Å². The van der Waals surface area contributed by atoms with Crippen molar-refractivity contribution in [1.29, 1.82) is 0 Å². The van der Waals surface area contributed by atoms with Crippen LogP contribution in [-0.4, -0.2) is 23.6 Å². The maximum atomic E-state index is 12.9. The lowest BCUT2D eigenvalue weighted by Crippen LogP contribution is -2.09. The van der Waals surface area contributed by atoms with Gasteiger partial charge in [-0.15, -0.1) is 16.9 Å². The Labute approximate surface area is 142 Å². The molecule has 1 aromatic carbocycles. The number of hydrogen-bond donors (Lipinski definition) is 1. The molecule has 0 aliphatic rings. The van der Waals surface area contributed by atoms with Crippen molar-refractivity contribution in [3.05, 3.63) is 66.2 Å². The van der Waals surface area contributed by atoms with E-state index in [0.29, 0.717) is 11.4 Å². The van der Waals surface area contributed by atoms with Crippen LogP contribution in [0.4, 0.5) is 4.39 Å². The van der Waals surface area contributed by atoms with Crippen molar-refractivity contribution in [1.82, 2.24) is 15.2 Å². The Kier molecular flexibility index (Phi) is 4.81. The van der Waals surface area contributed by atoms with Crippen LogP contribution < -0.4 is 4.18 Å². The van der Waals surface area contributed by atoms with E-state index in [2.05, 4.69) is 15.2 Å². The van der Waals surface area contributed by atoms with E-state index < -0.39 is 15.9 Å². The van der Waals surface area contributed by atoms with Crippen LogP contribution in [0.15, 0.2) is 64.6 Å². The van der Waals surface area contributed by atoms with Gasteiger partial charge in [0.15, 0.2) is 0 Å². The molecule has 2 aromatic heterocycles. The van der Waals surface area contributed by atoms with Gasteiger partial charge < -0.3 is 4.18 Å². The first-order valence-electron chi connectivity index (χ1n) is 6.81. The summed E-state index contributed by atoms with van der Waals surface area (Å²) in [6.07, 6.45) is 1.69. The lowest BCUT2D eigenvalue weighted by molar-refractivity contribution is 0.475. The molecule has 1 N–H and O–H groups in total. The predicted octanol–water partition coefficient (Wildman–Crippen LogP) is 3.00. The zero-order valence-corrected chi connectivity index (χ0v) is 13.8. The first kappa shape index (κ1) is 16.5. The Balaban J connectivity index is 1.66. The van der Waals surface area contributed by atoms with Crippen molar-refractivity contribution >= 4 is 21.9 Å². The third kappa shape index (κ3) is 4.12. The monoisotopic (exact) mass is 365 g/mol. The van der Waals surface area contributed by atoms with Crippen LogP contribution >= 0.6 is 11.8 Å². The molecule has 0 radical (unpaired) electrons. The SMILES string of the molecule is O=S(=O)(Oc1cc(CSc2ccccn2)[nH]n1)c1ccc(F)cc1. The largest absolute Gasteiger partial charge is 0.357 e. The number of nitrogens with one attached hydrogen (secondary N) is 1. The van der Waals surface area contributed by atoms with Gasteiger partial charge in [-0.1, -0.05) is 6.07 Å². The van der Waals surface area contributed by atoms with E-state index in [0.717, 1.165) is 29.3 Å². The second-order valence-corrected chi connectivity index (χ2v) is 7.22. The smallest absolute Gasteiger partial charge is 0.340 e. The zero-order valence-electron chi connectivity index (χ0n) is 12.2. The molecule has 2 heterocycles. The number of aromatic amines is 1. The molecule has 0 bridgehead atoms. The Morgan fingerprint density at radius 2 is 1.96 bits per heavy atom. The summed E-state index contributed by atoms with van der Waals surface area (Å²) in [6.45, 7) is 0. The van der Waals surface area contributed by atoms with Crippen LogP contribution in [0.3, 0.4) is 0 Å². The second-order valence-electron chi connectivity index (χ2n) is 4.68. The van der Waals surface area contributed by atoms with E-state index >= 15 is 0 Å². The third-order valence-electron chi connectivity index (χ3n) is 2.92. The summed E-state index contributed by atoms with van der Waals surface area (Å²) in [6, 6.07) is 11.4. The lowest BCUT2D eigenvalue weighted by atomic mass is 10.4. The molecule has 0 saturated carbocycles. The number of hydrogen-bond acceptors (Lipinski definition) is 6. The molecule has 0 amide bonds. The van der Waals surface area contributed by atoms with Gasteiger partial charge in [0.2, 0.25) is 0 Å². The number of aromatic nitrogens is 3. The van der Waals surface area contributed by atoms with E-state index in [1.54, 1.807) is 6.20 Å². The number of pyridine rings is 1. The molecule has 0 atom stereocenters. The Bertz CT molecular complexity index is 913. The molecule has 0 aliphatic carbocycles. The number of halogens is 1. The number of rotatable bonds is 6. The Hall–Kier alpha value is -2.39. The molecule has 0 spiro atoms. The summed E-state index contributed by atoms with van der Waals surface area (Å²) in [7, 11) is -4.05. The molecule has 6 nitrogen and oxygen atoms in total. The fourth-order valence-corrected chi connectivity index (χ4v) is 3.44. The Morgan fingerprint density at radius 1 is 1.17 bits per heavy atom. The zero-order chi connectivity index (χ0) is 17.0. The minimum absolute atomic E-state index is 0.0732. The highest BCUT2D eigenvalue weighted by atomic mass is 32.2. The van der Waals surface area contributed by atoms with E-state index in [-0.39, 0.29) is 10.8 Å².